The molecule has 0 N–H and O–H groups in total. The first-order valence-electron chi connectivity index (χ1n) is 4.77. The quantitative estimate of drug-likeness (QED) is 0.600. The molecular weight excluding hydrogens is 259 g/mol. The monoisotopic (exact) mass is 265 g/mol. The predicted octanol–water partition coefficient (Wildman–Crippen LogP) is 4.61. The second-order valence-electron chi connectivity index (χ2n) is 3.25. The lowest BCUT2D eigenvalue weighted by atomic mass is 10.2. The zero-order chi connectivity index (χ0) is 12.3. The molecule has 2 aromatic carbocycles. The number of halogens is 2. The lowest BCUT2D eigenvalue weighted by Gasteiger charge is -2.16. The van der Waals surface area contributed by atoms with E-state index in [0.29, 0.717) is 21.4 Å². The summed E-state index contributed by atoms with van der Waals surface area (Å²) in [6.07, 6.45) is 0. The van der Waals surface area contributed by atoms with Gasteiger partial charge in [-0.15, -0.1) is 4.91 Å². The molecule has 3 nitrogen and oxygen atoms in total. The van der Waals surface area contributed by atoms with Crippen molar-refractivity contribution in [1.82, 2.24) is 0 Å². The van der Waals surface area contributed by atoms with Crippen molar-refractivity contribution in [3.8, 4) is 0 Å². The number of rotatable bonds is 3. The summed E-state index contributed by atoms with van der Waals surface area (Å²) in [6, 6.07) is 14.5. The highest BCUT2D eigenvalue weighted by Crippen LogP contribution is 2.32. The molecule has 0 spiro atoms. The van der Waals surface area contributed by atoms with Gasteiger partial charge >= 0.3 is 0 Å². The van der Waals surface area contributed by atoms with Crippen molar-refractivity contribution in [2.24, 2.45) is 5.29 Å². The van der Waals surface area contributed by atoms with E-state index >= 15 is 0 Å². The molecule has 1 radical (unpaired) electrons. The van der Waals surface area contributed by atoms with Crippen LogP contribution in [-0.2, 0) is 0 Å². The van der Waals surface area contributed by atoms with E-state index in [9.17, 15) is 4.91 Å². The number of benzene rings is 2. The number of hydrogen-bond acceptors (Lipinski definition) is 2. The summed E-state index contributed by atoms with van der Waals surface area (Å²) < 4.78 is 0. The molecule has 0 aliphatic rings. The van der Waals surface area contributed by atoms with E-state index in [1.54, 1.807) is 42.5 Å². The van der Waals surface area contributed by atoms with Gasteiger partial charge in [0.05, 0.1) is 21.7 Å². The minimum Gasteiger partial charge on any atom is -0.196 e. The van der Waals surface area contributed by atoms with Crippen LogP contribution in [0.5, 0.6) is 0 Å². The second kappa shape index (κ2) is 5.17. The standard InChI is InChI=1S/C12H7Cl2N2O/c13-9-5-7-10(8-6-9)16(15-17)12-4-2-1-3-11(12)14/h1,3-8H. The minimum absolute atomic E-state index is 0.429. The van der Waals surface area contributed by atoms with Crippen LogP contribution >= 0.6 is 23.2 Å². The van der Waals surface area contributed by atoms with Gasteiger partial charge in [0, 0.05) is 5.02 Å². The van der Waals surface area contributed by atoms with Crippen LogP contribution in [0, 0.1) is 11.0 Å². The maximum atomic E-state index is 10.9. The van der Waals surface area contributed by atoms with Gasteiger partial charge in [-0.3, -0.25) is 0 Å². The molecule has 0 amide bonds. The average Bonchev–Trinajstić information content (AvgIpc) is 2.35. The summed E-state index contributed by atoms with van der Waals surface area (Å²) in [6.45, 7) is 0. The third-order valence-corrected chi connectivity index (χ3v) is 2.74. The van der Waals surface area contributed by atoms with Gasteiger partial charge in [0.1, 0.15) is 0 Å². The van der Waals surface area contributed by atoms with Gasteiger partial charge in [-0.2, -0.15) is 5.01 Å². The number of hydrogen-bond donors (Lipinski definition) is 0. The lowest BCUT2D eigenvalue weighted by molar-refractivity contribution is 1.07. The Bertz CT molecular complexity index is 528. The summed E-state index contributed by atoms with van der Waals surface area (Å²) in [7, 11) is 0. The van der Waals surface area contributed by atoms with Gasteiger partial charge in [0.15, 0.2) is 0 Å². The molecule has 0 heterocycles. The Labute approximate surface area is 109 Å². The highest BCUT2D eigenvalue weighted by atomic mass is 35.5. The van der Waals surface area contributed by atoms with Crippen molar-refractivity contribution >= 4 is 34.6 Å². The molecule has 0 saturated heterocycles. The summed E-state index contributed by atoms with van der Waals surface area (Å²) in [5.74, 6) is 0. The maximum absolute atomic E-state index is 10.9. The molecule has 85 valence electrons. The first-order valence-corrected chi connectivity index (χ1v) is 5.52. The normalized spacial score (nSPS) is 10.0. The van der Waals surface area contributed by atoms with Crippen LogP contribution < -0.4 is 5.01 Å². The third kappa shape index (κ3) is 2.57. The third-order valence-electron chi connectivity index (χ3n) is 2.17. The molecule has 0 atom stereocenters. The molecular formula is C12H7Cl2N2O. The minimum atomic E-state index is 0.429. The van der Waals surface area contributed by atoms with Crippen molar-refractivity contribution in [3.63, 3.8) is 0 Å². The van der Waals surface area contributed by atoms with Crippen LogP contribution in [0.4, 0.5) is 11.4 Å². The lowest BCUT2D eigenvalue weighted by Crippen LogP contribution is -2.07. The number of anilines is 2. The molecule has 0 aliphatic carbocycles. The fraction of sp³-hybridized carbons (Fsp3) is 0. The van der Waals surface area contributed by atoms with Crippen molar-refractivity contribution in [2.45, 2.75) is 0 Å². The molecule has 0 bridgehead atoms. The molecule has 0 saturated carbocycles. The van der Waals surface area contributed by atoms with Gasteiger partial charge in [-0.05, 0) is 42.5 Å². The average molecular weight is 266 g/mol. The Kier molecular flexibility index (Phi) is 3.61. The number of nitroso groups, excluding NO2 is 1. The fourth-order valence-corrected chi connectivity index (χ4v) is 1.70. The topological polar surface area (TPSA) is 32.7 Å². The summed E-state index contributed by atoms with van der Waals surface area (Å²) >= 11 is 11.8. The van der Waals surface area contributed by atoms with Gasteiger partial charge in [0.2, 0.25) is 0 Å². The van der Waals surface area contributed by atoms with E-state index in [1.807, 2.05) is 0 Å². The zero-order valence-corrected chi connectivity index (χ0v) is 10.1. The van der Waals surface area contributed by atoms with E-state index in [1.165, 1.54) is 5.01 Å². The molecule has 0 unspecified atom stereocenters. The summed E-state index contributed by atoms with van der Waals surface area (Å²) in [4.78, 5) is 10.9. The molecule has 0 aromatic heterocycles. The smallest absolute Gasteiger partial charge is 0.0877 e. The van der Waals surface area contributed by atoms with Crippen LogP contribution in [-0.4, -0.2) is 0 Å². The Hall–Kier alpha value is -1.58. The van der Waals surface area contributed by atoms with Crippen LogP contribution in [0.3, 0.4) is 0 Å². The maximum Gasteiger partial charge on any atom is 0.0877 e. The highest BCUT2D eigenvalue weighted by Gasteiger charge is 2.12. The first kappa shape index (κ1) is 11.9. The van der Waals surface area contributed by atoms with E-state index in [-0.39, 0.29) is 0 Å². The zero-order valence-electron chi connectivity index (χ0n) is 8.60. The van der Waals surface area contributed by atoms with Gasteiger partial charge in [-0.1, -0.05) is 29.3 Å². The van der Waals surface area contributed by atoms with Crippen molar-refractivity contribution in [2.75, 3.05) is 5.01 Å². The van der Waals surface area contributed by atoms with Crippen molar-refractivity contribution in [3.05, 3.63) is 63.5 Å². The molecule has 2 rings (SSSR count). The molecule has 5 heteroatoms. The van der Waals surface area contributed by atoms with Crippen LogP contribution in [0.2, 0.25) is 10.0 Å². The van der Waals surface area contributed by atoms with E-state index in [2.05, 4.69) is 11.4 Å². The second-order valence-corrected chi connectivity index (χ2v) is 4.09. The van der Waals surface area contributed by atoms with Gasteiger partial charge in [0.25, 0.3) is 0 Å². The fourth-order valence-electron chi connectivity index (χ4n) is 1.38. The Morgan fingerprint density at radius 2 is 1.82 bits per heavy atom. The molecule has 0 fully saturated rings. The highest BCUT2D eigenvalue weighted by molar-refractivity contribution is 6.33. The number of nitrogens with zero attached hydrogens (tertiary/aromatic N) is 2. The Morgan fingerprint density at radius 3 is 2.41 bits per heavy atom. The largest absolute Gasteiger partial charge is 0.196 e. The van der Waals surface area contributed by atoms with E-state index < -0.39 is 0 Å². The molecule has 17 heavy (non-hydrogen) atoms. The SMILES string of the molecule is O=NN(c1ccc(Cl)cc1)c1c[c]ccc1Cl. The van der Waals surface area contributed by atoms with Gasteiger partial charge < -0.3 is 0 Å². The van der Waals surface area contributed by atoms with Crippen molar-refractivity contribution in [1.29, 1.82) is 0 Å². The van der Waals surface area contributed by atoms with E-state index in [0.717, 1.165) is 0 Å². The Balaban J connectivity index is 2.44. The van der Waals surface area contributed by atoms with Crippen LogP contribution in [0.15, 0.2) is 47.8 Å². The molecule has 0 aliphatic heterocycles. The molecule has 2 aromatic rings. The van der Waals surface area contributed by atoms with E-state index in [4.69, 9.17) is 23.2 Å². The summed E-state index contributed by atoms with van der Waals surface area (Å²) in [5.41, 5.74) is 1.07. The first-order chi connectivity index (χ1) is 8.22. The van der Waals surface area contributed by atoms with Crippen molar-refractivity contribution < 1.29 is 0 Å². The Morgan fingerprint density at radius 1 is 1.12 bits per heavy atom. The summed E-state index contributed by atoms with van der Waals surface area (Å²) in [5, 5.41) is 5.16. The van der Waals surface area contributed by atoms with Crippen LogP contribution in [0.1, 0.15) is 0 Å². The van der Waals surface area contributed by atoms with Gasteiger partial charge in [-0.25, -0.2) is 0 Å². The predicted molar refractivity (Wildman–Crippen MR) is 69.7 cm³/mol. The van der Waals surface area contributed by atoms with Crippen LogP contribution in [0.25, 0.3) is 0 Å².